The molecule has 1 aliphatic rings. The van der Waals surface area contributed by atoms with Gasteiger partial charge in [0.15, 0.2) is 0 Å². The van der Waals surface area contributed by atoms with E-state index in [9.17, 15) is 19.6 Å². The summed E-state index contributed by atoms with van der Waals surface area (Å²) >= 11 is 0. The summed E-state index contributed by atoms with van der Waals surface area (Å²) in [5.41, 5.74) is -0.741. The molecule has 0 radical (unpaired) electrons. The quantitative estimate of drug-likeness (QED) is 0.296. The molecule has 2 N–H and O–H groups in total. The summed E-state index contributed by atoms with van der Waals surface area (Å²) in [6.45, 7) is 11.1. The van der Waals surface area contributed by atoms with Crippen LogP contribution < -0.4 is 0 Å². The maximum absolute atomic E-state index is 11.7. The summed E-state index contributed by atoms with van der Waals surface area (Å²) in [5, 5.41) is 23.1. The average Bonchev–Trinajstić information content (AvgIpc) is 2.70. The summed E-state index contributed by atoms with van der Waals surface area (Å²) in [6.07, 6.45) is 3.17. The highest BCUT2D eigenvalue weighted by Gasteiger charge is 2.43. The van der Waals surface area contributed by atoms with Gasteiger partial charge in [0.2, 0.25) is 0 Å². The van der Waals surface area contributed by atoms with Crippen LogP contribution in [0.5, 0.6) is 0 Å². The van der Waals surface area contributed by atoms with Crippen molar-refractivity contribution in [1.29, 1.82) is 0 Å². The molecule has 8 atom stereocenters. The van der Waals surface area contributed by atoms with Gasteiger partial charge in [-0.3, -0.25) is 0 Å². The third-order valence-corrected chi connectivity index (χ3v) is 6.75. The topological polar surface area (TPSA) is 113 Å². The Balaban J connectivity index is 3.23. The molecule has 7 nitrogen and oxygen atoms in total. The van der Waals surface area contributed by atoms with Gasteiger partial charge in [0, 0.05) is 5.41 Å². The van der Waals surface area contributed by atoms with Gasteiger partial charge in [0.1, 0.15) is 25.0 Å². The summed E-state index contributed by atoms with van der Waals surface area (Å²) in [4.78, 5) is 33.8. The molecule has 1 rings (SSSR count). The number of esters is 1. The molecule has 7 heteroatoms. The van der Waals surface area contributed by atoms with Crippen LogP contribution in [-0.2, 0) is 14.3 Å². The highest BCUT2D eigenvalue weighted by molar-refractivity contribution is 5.70. The Bertz CT molecular complexity index is 545. The molecule has 0 bridgehead atoms. The molecule has 0 amide bonds. The largest absolute Gasteiger partial charge is 0.460 e. The van der Waals surface area contributed by atoms with E-state index in [0.717, 1.165) is 12.8 Å². The van der Waals surface area contributed by atoms with Crippen molar-refractivity contribution in [2.75, 3.05) is 6.61 Å². The molecule has 28 heavy (non-hydrogen) atoms. The number of ether oxygens (including phenoxy) is 1. The Labute approximate surface area is 167 Å². The van der Waals surface area contributed by atoms with E-state index in [1.165, 1.54) is 0 Å². The number of aliphatic hydroxyl groups is 2. The maximum Gasteiger partial charge on any atom is 0.332 e. The van der Waals surface area contributed by atoms with E-state index >= 15 is 0 Å². The number of carbonyl (C=O) groups is 2. The number of hydrogen-bond acceptors (Lipinski definition) is 7. The molecular formula is C21H35NO6. The molecule has 160 valence electrons. The highest BCUT2D eigenvalue weighted by Crippen LogP contribution is 2.43. The second kappa shape index (κ2) is 10.8. The summed E-state index contributed by atoms with van der Waals surface area (Å²) in [6, 6.07) is -0.913. The minimum absolute atomic E-state index is 0.00194. The zero-order valence-corrected chi connectivity index (χ0v) is 17.4. The van der Waals surface area contributed by atoms with Crippen LogP contribution in [0.1, 0.15) is 53.4 Å². The van der Waals surface area contributed by atoms with Crippen LogP contribution in [0.3, 0.4) is 0 Å². The second-order valence-corrected chi connectivity index (χ2v) is 8.62. The van der Waals surface area contributed by atoms with E-state index in [0.29, 0.717) is 19.1 Å². The predicted octanol–water partition coefficient (Wildman–Crippen LogP) is 2.88. The van der Waals surface area contributed by atoms with E-state index in [1.807, 2.05) is 20.8 Å². The van der Waals surface area contributed by atoms with Gasteiger partial charge < -0.3 is 19.7 Å². The molecule has 0 aromatic rings. The van der Waals surface area contributed by atoms with E-state index in [-0.39, 0.29) is 23.7 Å². The van der Waals surface area contributed by atoms with E-state index in [1.54, 1.807) is 6.08 Å². The number of nitrogens with zero attached hydrogens (tertiary/aromatic N) is 1. The molecule has 0 aromatic heterocycles. The molecule has 0 heterocycles. The lowest BCUT2D eigenvalue weighted by molar-refractivity contribution is -0.159. The first kappa shape index (κ1) is 24.4. The molecule has 1 fully saturated rings. The SMILES string of the molecule is C=C[C@]1(C)C[C@@H](OC(=O)CO)[C@H](C)[C@H](C)CC[C@H](C[C@H](C=O)N=O)[C@@H](C)[C@@H]1O. The Hall–Kier alpha value is -1.60. The molecule has 1 aliphatic carbocycles. The van der Waals surface area contributed by atoms with Crippen molar-refractivity contribution < 1.29 is 24.5 Å². The second-order valence-electron chi connectivity index (χ2n) is 8.62. The lowest BCUT2D eigenvalue weighted by Gasteiger charge is -2.43. The summed E-state index contributed by atoms with van der Waals surface area (Å²) in [7, 11) is 0. The zero-order valence-electron chi connectivity index (χ0n) is 17.4. The fraction of sp³-hybridized carbons (Fsp3) is 0.810. The molecule has 0 aromatic carbocycles. The van der Waals surface area contributed by atoms with Crippen LogP contribution in [-0.4, -0.2) is 47.3 Å². The van der Waals surface area contributed by atoms with Crippen molar-refractivity contribution >= 4 is 12.3 Å². The number of nitroso groups, excluding NO2 is 1. The van der Waals surface area contributed by atoms with Crippen LogP contribution >= 0.6 is 0 Å². The van der Waals surface area contributed by atoms with Crippen LogP contribution in [0, 0.1) is 34.0 Å². The third kappa shape index (κ3) is 5.95. The zero-order chi connectivity index (χ0) is 21.5. The Morgan fingerprint density at radius 2 is 1.96 bits per heavy atom. The number of rotatable bonds is 7. The van der Waals surface area contributed by atoms with Crippen molar-refractivity contribution in [2.24, 2.45) is 34.3 Å². The van der Waals surface area contributed by atoms with Crippen molar-refractivity contribution in [3.05, 3.63) is 17.6 Å². The van der Waals surface area contributed by atoms with Gasteiger partial charge in [-0.05, 0) is 42.9 Å². The lowest BCUT2D eigenvalue weighted by Crippen LogP contribution is -2.45. The predicted molar refractivity (Wildman–Crippen MR) is 106 cm³/mol. The maximum atomic E-state index is 11.7. The van der Waals surface area contributed by atoms with Gasteiger partial charge >= 0.3 is 5.97 Å². The lowest BCUT2D eigenvalue weighted by atomic mass is 9.66. The molecule has 0 saturated heterocycles. The van der Waals surface area contributed by atoms with Crippen molar-refractivity contribution in [1.82, 2.24) is 0 Å². The standard InChI is InChI=1S/C21H35NO6/c1-6-21(5)10-18(28-19(25)12-24)14(3)13(2)7-8-16(15(4)20(21)26)9-17(11-23)22-27/h6,11,13-18,20,24,26H,1,7-10,12H2,2-5H3/t13-,14-,15-,16-,17-,18-,20+,21-/m1/s1. The fourth-order valence-corrected chi connectivity index (χ4v) is 4.29. The van der Waals surface area contributed by atoms with Crippen LogP contribution in [0.2, 0.25) is 0 Å². The first-order valence-corrected chi connectivity index (χ1v) is 10.0. The molecule has 0 spiro atoms. The number of carbonyl (C=O) groups excluding carboxylic acids is 2. The fourth-order valence-electron chi connectivity index (χ4n) is 4.29. The monoisotopic (exact) mass is 397 g/mol. The van der Waals surface area contributed by atoms with Gasteiger partial charge in [-0.2, -0.15) is 4.91 Å². The van der Waals surface area contributed by atoms with Crippen LogP contribution in [0.4, 0.5) is 0 Å². The van der Waals surface area contributed by atoms with E-state index in [4.69, 9.17) is 9.84 Å². The first-order chi connectivity index (χ1) is 13.1. The average molecular weight is 398 g/mol. The molecule has 1 saturated carbocycles. The minimum Gasteiger partial charge on any atom is -0.460 e. The van der Waals surface area contributed by atoms with Crippen LogP contribution in [0.25, 0.3) is 0 Å². The number of aldehydes is 1. The molecular weight excluding hydrogens is 362 g/mol. The molecule has 0 aliphatic heterocycles. The van der Waals surface area contributed by atoms with Gasteiger partial charge in [-0.15, -0.1) is 6.58 Å². The highest BCUT2D eigenvalue weighted by atomic mass is 16.6. The number of hydrogen-bond donors (Lipinski definition) is 2. The normalized spacial score (nSPS) is 38.1. The van der Waals surface area contributed by atoms with E-state index in [2.05, 4.69) is 18.7 Å². The Kier molecular flexibility index (Phi) is 9.44. The third-order valence-electron chi connectivity index (χ3n) is 6.75. The van der Waals surface area contributed by atoms with Gasteiger partial charge in [-0.1, -0.05) is 45.4 Å². The van der Waals surface area contributed by atoms with E-state index < -0.39 is 36.2 Å². The Morgan fingerprint density at radius 1 is 1.32 bits per heavy atom. The first-order valence-electron chi connectivity index (χ1n) is 10.0. The van der Waals surface area contributed by atoms with Crippen LogP contribution in [0.15, 0.2) is 17.8 Å². The minimum atomic E-state index is -0.913. The van der Waals surface area contributed by atoms with Gasteiger partial charge in [0.05, 0.1) is 6.10 Å². The summed E-state index contributed by atoms with van der Waals surface area (Å²) < 4.78 is 5.51. The van der Waals surface area contributed by atoms with Gasteiger partial charge in [-0.25, -0.2) is 4.79 Å². The van der Waals surface area contributed by atoms with Crippen molar-refractivity contribution in [2.45, 2.75) is 71.6 Å². The Morgan fingerprint density at radius 3 is 2.46 bits per heavy atom. The summed E-state index contributed by atoms with van der Waals surface area (Å²) in [5.74, 6) is -0.731. The smallest absolute Gasteiger partial charge is 0.332 e. The number of aliphatic hydroxyl groups excluding tert-OH is 2. The van der Waals surface area contributed by atoms with Gasteiger partial charge in [0.25, 0.3) is 0 Å². The molecule has 0 unspecified atom stereocenters. The van der Waals surface area contributed by atoms with Crippen molar-refractivity contribution in [3.63, 3.8) is 0 Å². The van der Waals surface area contributed by atoms with Crippen molar-refractivity contribution in [3.8, 4) is 0 Å².